The number of ether oxygens (including phenoxy) is 1. The number of aliphatic imine (C=N–C) groups is 1. The van der Waals surface area contributed by atoms with Crippen LogP contribution in [-0.4, -0.2) is 52.6 Å². The van der Waals surface area contributed by atoms with Gasteiger partial charge in [0.15, 0.2) is 11.5 Å². The van der Waals surface area contributed by atoms with Crippen molar-refractivity contribution in [3.8, 4) is 17.6 Å². The number of rotatable bonds is 6. The number of aromatic nitrogens is 2. The lowest BCUT2D eigenvalue weighted by Gasteiger charge is -2.33. The summed E-state index contributed by atoms with van der Waals surface area (Å²) >= 11 is 0. The molecular formula is C32H29N5O2. The molecule has 2 aliphatic heterocycles. The molecule has 1 atom stereocenters. The fourth-order valence-corrected chi connectivity index (χ4v) is 5.13. The molecule has 7 nitrogen and oxygen atoms in total. The summed E-state index contributed by atoms with van der Waals surface area (Å²) in [5.41, 5.74) is 3.59. The first-order valence-corrected chi connectivity index (χ1v) is 13.2. The summed E-state index contributed by atoms with van der Waals surface area (Å²) in [6.45, 7) is 3.67. The Hall–Kier alpha value is -4.83. The molecule has 39 heavy (non-hydrogen) atoms. The maximum Gasteiger partial charge on any atom is 0.283 e. The van der Waals surface area contributed by atoms with Gasteiger partial charge in [-0.05, 0) is 54.7 Å². The zero-order valence-corrected chi connectivity index (χ0v) is 22.0. The number of amides is 1. The highest BCUT2D eigenvalue weighted by Gasteiger charge is 2.43. The highest BCUT2D eigenvalue weighted by atomic mass is 16.5. The highest BCUT2D eigenvalue weighted by molar-refractivity contribution is 6.18. The van der Waals surface area contributed by atoms with Crippen LogP contribution in [0.25, 0.3) is 0 Å². The maximum atomic E-state index is 13.7. The van der Waals surface area contributed by atoms with Crippen molar-refractivity contribution in [1.29, 1.82) is 0 Å². The van der Waals surface area contributed by atoms with Crippen LogP contribution in [0.5, 0.6) is 5.75 Å². The Morgan fingerprint density at radius 1 is 0.923 bits per heavy atom. The van der Waals surface area contributed by atoms with Crippen LogP contribution in [0.2, 0.25) is 0 Å². The Morgan fingerprint density at radius 2 is 1.64 bits per heavy atom. The van der Waals surface area contributed by atoms with Crippen molar-refractivity contribution in [3.63, 3.8) is 0 Å². The van der Waals surface area contributed by atoms with Crippen LogP contribution in [0.15, 0.2) is 89.9 Å². The van der Waals surface area contributed by atoms with Crippen LogP contribution >= 0.6 is 0 Å². The molecule has 1 aromatic heterocycles. The van der Waals surface area contributed by atoms with Crippen molar-refractivity contribution >= 4 is 17.7 Å². The van der Waals surface area contributed by atoms with Crippen molar-refractivity contribution in [1.82, 2.24) is 14.5 Å². The third-order valence-corrected chi connectivity index (χ3v) is 7.04. The first kappa shape index (κ1) is 24.5. The maximum absolute atomic E-state index is 13.7. The van der Waals surface area contributed by atoms with Crippen LogP contribution in [0.4, 0.5) is 5.82 Å². The average Bonchev–Trinajstić information content (AvgIpc) is 3.55. The predicted molar refractivity (Wildman–Crippen MR) is 152 cm³/mol. The second kappa shape index (κ2) is 10.5. The molecule has 7 heteroatoms. The summed E-state index contributed by atoms with van der Waals surface area (Å²) in [7, 11) is 1.66. The largest absolute Gasteiger partial charge is 0.497 e. The topological polar surface area (TPSA) is 63.0 Å². The van der Waals surface area contributed by atoms with E-state index in [0.717, 1.165) is 29.1 Å². The third kappa shape index (κ3) is 4.77. The number of hydrogen-bond acceptors (Lipinski definition) is 5. The Balaban J connectivity index is 1.44. The van der Waals surface area contributed by atoms with Crippen LogP contribution in [0, 0.1) is 11.8 Å². The standard InChI is InChI=1S/C32H29N5O2/c1-3-35-31(38)29-30(37-22-26(33-32(35)37)20-24-12-8-5-9-13-24)36(21-25-14-17-27(39-2)18-15-25)28(34-29)19-16-23-10-6-4-7-11-23/h4-15,17-18,26H,3,20-22H2,1-2H3/t26-/m1/s1. The number of guanidine groups is 1. The average molecular weight is 516 g/mol. The minimum absolute atomic E-state index is 0.0263. The van der Waals surface area contributed by atoms with E-state index in [4.69, 9.17) is 14.7 Å². The van der Waals surface area contributed by atoms with Gasteiger partial charge in [0.1, 0.15) is 11.6 Å². The molecule has 4 aromatic rings. The predicted octanol–water partition coefficient (Wildman–Crippen LogP) is 4.60. The molecule has 0 unspecified atom stereocenters. The summed E-state index contributed by atoms with van der Waals surface area (Å²) < 4.78 is 7.40. The van der Waals surface area contributed by atoms with E-state index >= 15 is 0 Å². The zero-order valence-electron chi connectivity index (χ0n) is 22.0. The van der Waals surface area contributed by atoms with Gasteiger partial charge in [-0.2, -0.15) is 0 Å². The minimum atomic E-state index is -0.140. The second-order valence-corrected chi connectivity index (χ2v) is 9.59. The number of anilines is 1. The van der Waals surface area contributed by atoms with E-state index in [9.17, 15) is 4.79 Å². The van der Waals surface area contributed by atoms with Gasteiger partial charge >= 0.3 is 0 Å². The molecule has 0 fully saturated rings. The van der Waals surface area contributed by atoms with Gasteiger partial charge in [-0.25, -0.2) is 9.98 Å². The van der Waals surface area contributed by atoms with Gasteiger partial charge in [-0.1, -0.05) is 66.6 Å². The Morgan fingerprint density at radius 3 is 2.33 bits per heavy atom. The molecule has 0 N–H and O–H groups in total. The van der Waals surface area contributed by atoms with Crippen LogP contribution in [0.3, 0.4) is 0 Å². The SMILES string of the molecule is CCN1C(=O)c2nc(C#Cc3ccccc3)n(Cc3ccc(OC)cc3)c2N2C[C@@H](Cc3ccccc3)N=C12. The summed E-state index contributed by atoms with van der Waals surface area (Å²) in [6.07, 6.45) is 0.801. The summed E-state index contributed by atoms with van der Waals surface area (Å²) in [5, 5.41) is 0. The molecule has 0 spiro atoms. The van der Waals surface area contributed by atoms with Gasteiger partial charge in [0.2, 0.25) is 5.96 Å². The lowest BCUT2D eigenvalue weighted by Crippen LogP contribution is -2.50. The van der Waals surface area contributed by atoms with E-state index in [1.807, 2.05) is 79.7 Å². The fourth-order valence-electron chi connectivity index (χ4n) is 5.13. The molecule has 194 valence electrons. The lowest BCUT2D eigenvalue weighted by molar-refractivity contribution is 0.0841. The number of nitrogens with zero attached hydrogens (tertiary/aromatic N) is 5. The van der Waals surface area contributed by atoms with Crippen molar-refractivity contribution < 1.29 is 9.53 Å². The molecule has 0 radical (unpaired) electrons. The number of carbonyl (C=O) groups excluding carboxylic acids is 1. The molecule has 3 heterocycles. The Kier molecular flexibility index (Phi) is 6.60. The molecule has 0 aliphatic carbocycles. The summed E-state index contributed by atoms with van der Waals surface area (Å²) in [5.74, 6) is 9.13. The first-order chi connectivity index (χ1) is 19.1. The molecule has 0 saturated carbocycles. The molecule has 1 amide bonds. The molecule has 3 aromatic carbocycles. The number of benzene rings is 3. The quantitative estimate of drug-likeness (QED) is 0.352. The molecule has 0 saturated heterocycles. The zero-order chi connectivity index (χ0) is 26.8. The minimum Gasteiger partial charge on any atom is -0.497 e. The summed E-state index contributed by atoms with van der Waals surface area (Å²) in [4.78, 5) is 27.4. The van der Waals surface area contributed by atoms with Gasteiger partial charge in [-0.3, -0.25) is 19.2 Å². The number of methoxy groups -OCH3 is 1. The monoisotopic (exact) mass is 515 g/mol. The van der Waals surface area contributed by atoms with E-state index in [1.165, 1.54) is 5.56 Å². The van der Waals surface area contributed by atoms with Crippen LogP contribution in [0.1, 0.15) is 39.9 Å². The third-order valence-electron chi connectivity index (χ3n) is 7.04. The summed E-state index contributed by atoms with van der Waals surface area (Å²) in [6, 6.07) is 28.1. The van der Waals surface area contributed by atoms with Crippen molar-refractivity contribution in [2.45, 2.75) is 25.9 Å². The van der Waals surface area contributed by atoms with Crippen molar-refractivity contribution in [3.05, 3.63) is 113 Å². The molecular weight excluding hydrogens is 486 g/mol. The molecule has 6 rings (SSSR count). The van der Waals surface area contributed by atoms with E-state index < -0.39 is 0 Å². The van der Waals surface area contributed by atoms with Crippen LogP contribution < -0.4 is 9.64 Å². The Labute approximate surface area is 228 Å². The van der Waals surface area contributed by atoms with Crippen molar-refractivity contribution in [2.75, 3.05) is 25.1 Å². The number of hydrogen-bond donors (Lipinski definition) is 0. The number of fused-ring (bicyclic) bond motifs is 3. The van der Waals surface area contributed by atoms with E-state index in [0.29, 0.717) is 37.1 Å². The normalized spacial score (nSPS) is 15.8. The molecule has 2 aliphatic rings. The van der Waals surface area contributed by atoms with E-state index in [2.05, 4.69) is 33.4 Å². The van der Waals surface area contributed by atoms with E-state index in [-0.39, 0.29) is 11.9 Å². The first-order valence-electron chi connectivity index (χ1n) is 13.2. The van der Waals surface area contributed by atoms with Crippen LogP contribution in [-0.2, 0) is 13.0 Å². The van der Waals surface area contributed by atoms with Gasteiger partial charge < -0.3 is 4.74 Å². The highest BCUT2D eigenvalue weighted by Crippen LogP contribution is 2.34. The van der Waals surface area contributed by atoms with Gasteiger partial charge in [0.25, 0.3) is 5.91 Å². The van der Waals surface area contributed by atoms with E-state index in [1.54, 1.807) is 12.0 Å². The second-order valence-electron chi connectivity index (χ2n) is 9.59. The number of carbonyl (C=O) groups is 1. The molecule has 0 bridgehead atoms. The Bertz CT molecular complexity index is 1580. The fraction of sp³-hybridized carbons (Fsp3) is 0.219. The van der Waals surface area contributed by atoms with Gasteiger partial charge in [0, 0.05) is 12.1 Å². The van der Waals surface area contributed by atoms with Crippen molar-refractivity contribution in [2.24, 2.45) is 4.99 Å². The van der Waals surface area contributed by atoms with Gasteiger partial charge in [-0.15, -0.1) is 0 Å². The van der Waals surface area contributed by atoms with Gasteiger partial charge in [0.05, 0.1) is 26.2 Å². The number of imidazole rings is 1. The smallest absolute Gasteiger partial charge is 0.283 e. The lowest BCUT2D eigenvalue weighted by atomic mass is 10.1.